The average molecular weight is 643 g/mol. The highest BCUT2D eigenvalue weighted by atomic mass is 35.5. The SMILES string of the molecule is Cc1cn([C@@H]2O[C@H](CO[P@]3(=O)O[C@@H]4[C@H]5OC(C)(C)O[C@H]5O[C@@H]4[C@@H](c4ccc(Cl)cc4)O3)[C@H]3OC(C)(C)O[C@H]32)c(=O)[nH]c1=O. The highest BCUT2D eigenvalue weighted by Crippen LogP contribution is 2.63. The van der Waals surface area contributed by atoms with Gasteiger partial charge in [-0.05, 0) is 52.3 Å². The molecule has 7 rings (SSSR count). The number of aromatic nitrogens is 2. The van der Waals surface area contributed by atoms with E-state index in [1.807, 2.05) is 0 Å². The Kier molecular flexibility index (Phi) is 7.12. The van der Waals surface area contributed by atoms with Crippen molar-refractivity contribution in [3.63, 3.8) is 0 Å². The number of benzene rings is 1. The van der Waals surface area contributed by atoms with Crippen molar-refractivity contribution in [3.05, 3.63) is 67.4 Å². The summed E-state index contributed by atoms with van der Waals surface area (Å²) in [4.78, 5) is 26.9. The molecule has 1 N–H and O–H groups in total. The number of phosphoric ester groups is 1. The fourth-order valence-corrected chi connectivity index (χ4v) is 7.85. The first-order valence-corrected chi connectivity index (χ1v) is 15.8. The molecule has 10 atom stereocenters. The van der Waals surface area contributed by atoms with Crippen molar-refractivity contribution in [2.45, 2.75) is 101 Å². The Morgan fingerprint density at radius 3 is 2.33 bits per heavy atom. The lowest BCUT2D eigenvalue weighted by atomic mass is 9.99. The molecule has 6 heterocycles. The summed E-state index contributed by atoms with van der Waals surface area (Å²) < 4.78 is 69.7. The van der Waals surface area contributed by atoms with Crippen molar-refractivity contribution in [2.24, 2.45) is 0 Å². The predicted octanol–water partition coefficient (Wildman–Crippen LogP) is 3.07. The summed E-state index contributed by atoms with van der Waals surface area (Å²) in [5.74, 6) is -1.94. The molecule has 43 heavy (non-hydrogen) atoms. The van der Waals surface area contributed by atoms with Crippen molar-refractivity contribution in [3.8, 4) is 0 Å². The van der Waals surface area contributed by atoms with Crippen LogP contribution in [0.15, 0.2) is 40.1 Å². The first-order valence-electron chi connectivity index (χ1n) is 13.9. The maximum absolute atomic E-state index is 14.2. The van der Waals surface area contributed by atoms with E-state index in [-0.39, 0.29) is 6.61 Å². The van der Waals surface area contributed by atoms with Gasteiger partial charge in [0.15, 0.2) is 24.1 Å². The standard InChI is InChI=1S/C27H32ClN2O12P/c1-12-10-30(25(32)29-22(12)31)23-20-17(37-26(2,3)38-20)15(35-23)11-34-43(33)41-16(13-6-8-14(28)9-7-13)18-19(42-43)21-24(36-18)40-27(4,5)39-21/h6-10,15-21,23-24H,11H2,1-5H3,(H,29,31,32)/t15-,16-,17-,18-,19+,20-,21-,23-,24-,43+/m1/s1. The van der Waals surface area contributed by atoms with E-state index >= 15 is 0 Å². The molecule has 5 fully saturated rings. The van der Waals surface area contributed by atoms with Crippen LogP contribution < -0.4 is 11.2 Å². The van der Waals surface area contributed by atoms with Gasteiger partial charge in [-0.1, -0.05) is 23.7 Å². The van der Waals surface area contributed by atoms with E-state index in [9.17, 15) is 14.2 Å². The van der Waals surface area contributed by atoms with Crippen LogP contribution in [-0.2, 0) is 46.6 Å². The van der Waals surface area contributed by atoms with Gasteiger partial charge in [-0.25, -0.2) is 9.36 Å². The van der Waals surface area contributed by atoms with Crippen LogP contribution in [-0.4, -0.2) is 70.6 Å². The smallest absolute Gasteiger partial charge is 0.346 e. The molecule has 1 aromatic carbocycles. The van der Waals surface area contributed by atoms with Crippen LogP contribution in [0.4, 0.5) is 0 Å². The Morgan fingerprint density at radius 2 is 1.58 bits per heavy atom. The van der Waals surface area contributed by atoms with E-state index in [0.717, 1.165) is 0 Å². The number of hydrogen-bond acceptors (Lipinski definition) is 12. The molecule has 0 saturated carbocycles. The van der Waals surface area contributed by atoms with E-state index in [4.69, 9.17) is 53.6 Å². The van der Waals surface area contributed by atoms with Crippen LogP contribution in [0.2, 0.25) is 5.02 Å². The molecule has 234 valence electrons. The largest absolute Gasteiger partial charge is 0.476 e. The van der Waals surface area contributed by atoms with E-state index in [1.54, 1.807) is 58.9 Å². The molecular formula is C27H32ClN2O12P. The number of halogens is 1. The Morgan fingerprint density at radius 1 is 0.907 bits per heavy atom. The van der Waals surface area contributed by atoms with Crippen LogP contribution >= 0.6 is 19.4 Å². The molecule has 16 heteroatoms. The highest BCUT2D eigenvalue weighted by molar-refractivity contribution is 7.48. The second-order valence-corrected chi connectivity index (χ2v) is 14.1. The number of nitrogens with one attached hydrogen (secondary N) is 1. The minimum Gasteiger partial charge on any atom is -0.346 e. The van der Waals surface area contributed by atoms with Gasteiger partial charge in [-0.3, -0.25) is 27.9 Å². The van der Waals surface area contributed by atoms with E-state index in [0.29, 0.717) is 16.1 Å². The summed E-state index contributed by atoms with van der Waals surface area (Å²) in [6, 6.07) is 6.87. The van der Waals surface area contributed by atoms with Crippen LogP contribution in [0, 0.1) is 6.92 Å². The Hall–Kier alpha value is -1.94. The van der Waals surface area contributed by atoms with Crippen LogP contribution in [0.5, 0.6) is 0 Å². The molecule has 0 spiro atoms. The molecule has 5 aliphatic heterocycles. The quantitative estimate of drug-likeness (QED) is 0.477. The lowest BCUT2D eigenvalue weighted by Crippen LogP contribution is -2.43. The number of aryl methyl sites for hydroxylation is 1. The Balaban J connectivity index is 1.15. The number of rotatable bonds is 5. The maximum atomic E-state index is 14.2. The van der Waals surface area contributed by atoms with Gasteiger partial charge in [-0.15, -0.1) is 0 Å². The number of H-pyrrole nitrogens is 1. The zero-order valence-electron chi connectivity index (χ0n) is 24.0. The third kappa shape index (κ3) is 5.36. The second kappa shape index (κ2) is 10.3. The Bertz CT molecular complexity index is 1580. The van der Waals surface area contributed by atoms with Crippen molar-refractivity contribution in [2.75, 3.05) is 6.61 Å². The molecule has 0 amide bonds. The third-order valence-electron chi connectivity index (χ3n) is 7.96. The van der Waals surface area contributed by atoms with Gasteiger partial charge in [0, 0.05) is 16.8 Å². The summed E-state index contributed by atoms with van der Waals surface area (Å²) in [7, 11) is -4.29. The summed E-state index contributed by atoms with van der Waals surface area (Å²) in [6.07, 6.45) is -5.71. The fourth-order valence-electron chi connectivity index (χ4n) is 6.16. The molecular weight excluding hydrogens is 611 g/mol. The Labute approximate surface area is 251 Å². The molecule has 5 saturated heterocycles. The lowest BCUT2D eigenvalue weighted by molar-refractivity contribution is -0.232. The molecule has 5 aliphatic rings. The molecule has 14 nitrogen and oxygen atoms in total. The number of fused-ring (bicyclic) bond motifs is 4. The summed E-state index contributed by atoms with van der Waals surface area (Å²) >= 11 is 6.11. The van der Waals surface area contributed by atoms with Gasteiger partial charge in [-0.2, -0.15) is 0 Å². The zero-order chi connectivity index (χ0) is 30.5. The van der Waals surface area contributed by atoms with E-state index in [2.05, 4.69) is 4.98 Å². The van der Waals surface area contributed by atoms with Crippen LogP contribution in [0.1, 0.15) is 51.2 Å². The first-order chi connectivity index (χ1) is 20.2. The predicted molar refractivity (Wildman–Crippen MR) is 146 cm³/mol. The topological polar surface area (TPSA) is 155 Å². The monoisotopic (exact) mass is 642 g/mol. The minimum absolute atomic E-state index is 0.298. The summed E-state index contributed by atoms with van der Waals surface area (Å²) in [6.45, 7) is 8.24. The maximum Gasteiger partial charge on any atom is 0.476 e. The van der Waals surface area contributed by atoms with Gasteiger partial charge < -0.3 is 28.4 Å². The average Bonchev–Trinajstić information content (AvgIpc) is 3.61. The van der Waals surface area contributed by atoms with E-state index in [1.165, 1.54) is 10.8 Å². The summed E-state index contributed by atoms with van der Waals surface area (Å²) in [5.41, 5.74) is -0.219. The first kappa shape index (κ1) is 29.8. The van der Waals surface area contributed by atoms with Gasteiger partial charge in [0.2, 0.25) is 0 Å². The van der Waals surface area contributed by atoms with E-state index < -0.39 is 85.9 Å². The molecule has 0 unspecified atom stereocenters. The molecule has 0 aliphatic carbocycles. The van der Waals surface area contributed by atoms with Crippen molar-refractivity contribution < 1.29 is 46.6 Å². The van der Waals surface area contributed by atoms with Crippen molar-refractivity contribution in [1.82, 2.24) is 9.55 Å². The van der Waals surface area contributed by atoms with Crippen molar-refractivity contribution in [1.29, 1.82) is 0 Å². The molecule has 1 aromatic heterocycles. The van der Waals surface area contributed by atoms with Crippen molar-refractivity contribution >= 4 is 19.4 Å². The number of hydrogen-bond donors (Lipinski definition) is 1. The number of ether oxygens (including phenoxy) is 6. The minimum atomic E-state index is -4.29. The molecule has 0 bridgehead atoms. The summed E-state index contributed by atoms with van der Waals surface area (Å²) in [5, 5.41) is 0.519. The van der Waals surface area contributed by atoms with Gasteiger partial charge in [0.05, 0.1) is 6.61 Å². The number of phosphoric acid groups is 1. The molecule has 0 radical (unpaired) electrons. The lowest BCUT2D eigenvalue weighted by Gasteiger charge is -2.38. The zero-order valence-corrected chi connectivity index (χ0v) is 25.6. The van der Waals surface area contributed by atoms with Gasteiger partial charge >= 0.3 is 13.5 Å². The van der Waals surface area contributed by atoms with Crippen LogP contribution in [0.3, 0.4) is 0 Å². The number of nitrogens with zero attached hydrogens (tertiary/aromatic N) is 1. The second-order valence-electron chi connectivity index (χ2n) is 12.1. The number of aromatic amines is 1. The fraction of sp³-hybridized carbons (Fsp3) is 0.630. The van der Waals surface area contributed by atoms with Crippen LogP contribution in [0.25, 0.3) is 0 Å². The van der Waals surface area contributed by atoms with Gasteiger partial charge in [0.1, 0.15) is 42.7 Å². The van der Waals surface area contributed by atoms with Gasteiger partial charge in [0.25, 0.3) is 5.56 Å². The third-order valence-corrected chi connectivity index (χ3v) is 9.66. The normalized spacial score (nSPS) is 40.7. The highest BCUT2D eigenvalue weighted by Gasteiger charge is 2.63. The molecule has 2 aromatic rings.